The van der Waals surface area contributed by atoms with Gasteiger partial charge in [0.2, 0.25) is 15.9 Å². The summed E-state index contributed by atoms with van der Waals surface area (Å²) in [5, 5.41) is 4.43. The van der Waals surface area contributed by atoms with E-state index in [1.807, 2.05) is 18.7 Å². The number of hydrogen-bond acceptors (Lipinski definition) is 4. The summed E-state index contributed by atoms with van der Waals surface area (Å²) < 4.78 is 29.6. The molecule has 7 nitrogen and oxygen atoms in total. The molecule has 1 aliphatic rings. The van der Waals surface area contributed by atoms with Gasteiger partial charge in [0.25, 0.3) is 0 Å². The average molecular weight is 413 g/mol. The Morgan fingerprint density at radius 2 is 1.64 bits per heavy atom. The van der Waals surface area contributed by atoms with Crippen LogP contribution in [0.25, 0.3) is 0 Å². The predicted molar refractivity (Wildman–Crippen MR) is 111 cm³/mol. The van der Waals surface area contributed by atoms with Gasteiger partial charge < -0.3 is 4.90 Å². The Balaban J connectivity index is 2.31. The first-order chi connectivity index (χ1) is 13.1. The lowest BCUT2D eigenvalue weighted by Crippen LogP contribution is -2.48. The van der Waals surface area contributed by atoms with E-state index in [0.29, 0.717) is 24.5 Å². The van der Waals surface area contributed by atoms with E-state index in [1.165, 1.54) is 4.31 Å². The monoisotopic (exact) mass is 412 g/mol. The number of sulfonamides is 1. The largest absolute Gasteiger partial charge is 0.336 e. The molecule has 1 aromatic heterocycles. The van der Waals surface area contributed by atoms with Crippen LogP contribution in [0, 0.1) is 13.8 Å². The van der Waals surface area contributed by atoms with E-state index in [4.69, 9.17) is 0 Å². The Kier molecular flexibility index (Phi) is 7.67. The lowest BCUT2D eigenvalue weighted by atomic mass is 9.97. The lowest BCUT2D eigenvalue weighted by Gasteiger charge is -2.39. The molecule has 2 atom stereocenters. The Labute approximate surface area is 170 Å². The number of aromatic nitrogens is 2. The number of carbonyl (C=O) groups excluding carboxylic acids is 1. The topological polar surface area (TPSA) is 75.5 Å². The second-order valence-corrected chi connectivity index (χ2v) is 9.87. The molecule has 0 bridgehead atoms. The van der Waals surface area contributed by atoms with E-state index in [-0.39, 0.29) is 29.4 Å². The third kappa shape index (κ3) is 4.59. The summed E-state index contributed by atoms with van der Waals surface area (Å²) in [5.41, 5.74) is 1.00. The molecule has 0 radical (unpaired) electrons. The molecule has 1 aromatic rings. The zero-order valence-electron chi connectivity index (χ0n) is 18.2. The van der Waals surface area contributed by atoms with Gasteiger partial charge >= 0.3 is 0 Å². The standard InChI is InChI=1S/C20H36N4O3S/c1-7-12-22(13-8-2)28(26,27)20-17(5)21-23(18(20)6)14-19(25)24-15(3)10-9-11-16(24)4/h15-16H,7-14H2,1-6H3. The highest BCUT2D eigenvalue weighted by atomic mass is 32.2. The smallest absolute Gasteiger partial charge is 0.246 e. The molecule has 160 valence electrons. The zero-order valence-corrected chi connectivity index (χ0v) is 19.0. The summed E-state index contributed by atoms with van der Waals surface area (Å²) in [6, 6.07) is 0.419. The highest BCUT2D eigenvalue weighted by Crippen LogP contribution is 2.26. The van der Waals surface area contributed by atoms with Gasteiger partial charge in [-0.2, -0.15) is 9.40 Å². The average Bonchev–Trinajstić information content (AvgIpc) is 2.88. The highest BCUT2D eigenvalue weighted by Gasteiger charge is 2.33. The van der Waals surface area contributed by atoms with Crippen LogP contribution in [0.2, 0.25) is 0 Å². The van der Waals surface area contributed by atoms with Crippen molar-refractivity contribution in [2.45, 2.75) is 97.2 Å². The molecule has 0 aromatic carbocycles. The first-order valence-electron chi connectivity index (χ1n) is 10.5. The van der Waals surface area contributed by atoms with Crippen molar-refractivity contribution in [1.29, 1.82) is 0 Å². The van der Waals surface area contributed by atoms with E-state index in [1.54, 1.807) is 18.5 Å². The fourth-order valence-corrected chi connectivity index (χ4v) is 6.31. The summed E-state index contributed by atoms with van der Waals surface area (Å²) in [6.07, 6.45) is 4.67. The van der Waals surface area contributed by atoms with Crippen LogP contribution in [-0.4, -0.2) is 58.5 Å². The van der Waals surface area contributed by atoms with Crippen molar-refractivity contribution in [3.8, 4) is 0 Å². The van der Waals surface area contributed by atoms with Crippen LogP contribution >= 0.6 is 0 Å². The molecular weight excluding hydrogens is 376 g/mol. The molecule has 2 heterocycles. The number of piperidine rings is 1. The molecule has 28 heavy (non-hydrogen) atoms. The van der Waals surface area contributed by atoms with E-state index in [0.717, 1.165) is 32.1 Å². The first-order valence-corrected chi connectivity index (χ1v) is 11.9. The van der Waals surface area contributed by atoms with Crippen LogP contribution in [-0.2, 0) is 21.4 Å². The predicted octanol–water partition coefficient (Wildman–Crippen LogP) is 3.10. The van der Waals surface area contributed by atoms with Crippen LogP contribution in [0.1, 0.15) is 71.2 Å². The minimum atomic E-state index is -3.62. The molecule has 1 fully saturated rings. The quantitative estimate of drug-likeness (QED) is 0.657. The molecule has 1 aliphatic heterocycles. The van der Waals surface area contributed by atoms with E-state index in [2.05, 4.69) is 18.9 Å². The zero-order chi connectivity index (χ0) is 21.1. The van der Waals surface area contributed by atoms with Gasteiger partial charge in [-0.1, -0.05) is 13.8 Å². The van der Waals surface area contributed by atoms with Gasteiger partial charge in [-0.05, 0) is 59.8 Å². The molecule has 2 rings (SSSR count). The third-order valence-corrected chi connectivity index (χ3v) is 7.78. The number of likely N-dealkylation sites (tertiary alicyclic amines) is 1. The second kappa shape index (κ2) is 9.39. The van der Waals surface area contributed by atoms with Crippen molar-refractivity contribution in [2.75, 3.05) is 13.1 Å². The van der Waals surface area contributed by atoms with Gasteiger partial charge in [0.05, 0.1) is 11.4 Å². The third-order valence-electron chi connectivity index (χ3n) is 5.63. The van der Waals surface area contributed by atoms with Gasteiger partial charge in [0.1, 0.15) is 11.4 Å². The summed E-state index contributed by atoms with van der Waals surface area (Å²) in [7, 11) is -3.62. The molecule has 0 N–H and O–H groups in total. The number of carbonyl (C=O) groups is 1. The van der Waals surface area contributed by atoms with Crippen LogP contribution in [0.4, 0.5) is 0 Å². The van der Waals surface area contributed by atoms with Crippen LogP contribution < -0.4 is 0 Å². The van der Waals surface area contributed by atoms with Crippen molar-refractivity contribution >= 4 is 15.9 Å². The lowest BCUT2D eigenvalue weighted by molar-refractivity contribution is -0.138. The second-order valence-electron chi connectivity index (χ2n) is 7.99. The summed E-state index contributed by atoms with van der Waals surface area (Å²) in [4.78, 5) is 15.1. The molecule has 1 saturated heterocycles. The summed E-state index contributed by atoms with van der Waals surface area (Å²) in [6.45, 7) is 12.6. The number of hydrogen-bond donors (Lipinski definition) is 0. The Morgan fingerprint density at radius 3 is 2.14 bits per heavy atom. The van der Waals surface area contributed by atoms with E-state index >= 15 is 0 Å². The van der Waals surface area contributed by atoms with Crippen LogP contribution in [0.3, 0.4) is 0 Å². The molecule has 8 heteroatoms. The number of aryl methyl sites for hydroxylation is 1. The van der Waals surface area contributed by atoms with Crippen molar-refractivity contribution < 1.29 is 13.2 Å². The fraction of sp³-hybridized carbons (Fsp3) is 0.800. The number of rotatable bonds is 8. The maximum atomic E-state index is 13.2. The Bertz CT molecular complexity index is 772. The van der Waals surface area contributed by atoms with Crippen molar-refractivity contribution in [1.82, 2.24) is 19.0 Å². The number of amides is 1. The fourth-order valence-electron chi connectivity index (χ4n) is 4.31. The molecule has 1 amide bonds. The van der Waals surface area contributed by atoms with Gasteiger partial charge in [-0.3, -0.25) is 9.48 Å². The molecule has 2 unspecified atom stereocenters. The molecule has 0 spiro atoms. The molecule has 0 aliphatic carbocycles. The summed E-state index contributed by atoms with van der Waals surface area (Å²) >= 11 is 0. The molecular formula is C20H36N4O3S. The molecule has 0 saturated carbocycles. The van der Waals surface area contributed by atoms with Crippen molar-refractivity contribution in [3.63, 3.8) is 0 Å². The van der Waals surface area contributed by atoms with Gasteiger partial charge in [0.15, 0.2) is 0 Å². The normalized spacial score (nSPS) is 20.8. The summed E-state index contributed by atoms with van der Waals surface area (Å²) in [5.74, 6) is 0.00761. The number of nitrogens with zero attached hydrogens (tertiary/aromatic N) is 4. The Morgan fingerprint density at radius 1 is 1.11 bits per heavy atom. The maximum absolute atomic E-state index is 13.2. The van der Waals surface area contributed by atoms with Gasteiger partial charge in [-0.25, -0.2) is 8.42 Å². The van der Waals surface area contributed by atoms with E-state index < -0.39 is 10.0 Å². The minimum Gasteiger partial charge on any atom is -0.336 e. The van der Waals surface area contributed by atoms with Gasteiger partial charge in [-0.15, -0.1) is 0 Å². The van der Waals surface area contributed by atoms with E-state index in [9.17, 15) is 13.2 Å². The van der Waals surface area contributed by atoms with Gasteiger partial charge in [0, 0.05) is 25.2 Å². The maximum Gasteiger partial charge on any atom is 0.246 e. The Hall–Kier alpha value is -1.41. The first kappa shape index (κ1) is 22.9. The SMILES string of the molecule is CCCN(CCC)S(=O)(=O)c1c(C)nn(CC(=O)N2C(C)CCCC2C)c1C. The van der Waals surface area contributed by atoms with Crippen molar-refractivity contribution in [2.24, 2.45) is 0 Å². The van der Waals surface area contributed by atoms with Crippen molar-refractivity contribution in [3.05, 3.63) is 11.4 Å². The highest BCUT2D eigenvalue weighted by molar-refractivity contribution is 7.89. The van der Waals surface area contributed by atoms with Crippen LogP contribution in [0.15, 0.2) is 4.90 Å². The minimum absolute atomic E-state index is 0.00761. The van der Waals surface area contributed by atoms with Crippen LogP contribution in [0.5, 0.6) is 0 Å².